The molecule has 0 fully saturated rings. The van der Waals surface area contributed by atoms with Gasteiger partial charge in [0.2, 0.25) is 0 Å². The van der Waals surface area contributed by atoms with Gasteiger partial charge in [-0.25, -0.2) is 29.9 Å². The van der Waals surface area contributed by atoms with Gasteiger partial charge in [0.05, 0.1) is 10.8 Å². The molecule has 18 aromatic carbocycles. The molecule has 2 aliphatic carbocycles. The van der Waals surface area contributed by atoms with Crippen molar-refractivity contribution in [1.82, 2.24) is 29.9 Å². The highest BCUT2D eigenvalue weighted by atomic mass is 32.1. The maximum absolute atomic E-state index is 6.27. The van der Waals surface area contributed by atoms with Gasteiger partial charge in [-0.05, 0) is 174 Å². The molecule has 126 heavy (non-hydrogen) atoms. The number of nitrogens with zero attached hydrogens (tertiary/aromatic N) is 6. The number of hydrogen-bond acceptors (Lipinski definition) is 10. The summed E-state index contributed by atoms with van der Waals surface area (Å²) >= 11 is 3.73. The number of hydrogen-bond donors (Lipinski definition) is 0. The summed E-state index contributed by atoms with van der Waals surface area (Å²) < 4.78 is 17.6. The normalized spacial score (nSPS) is 12.9. The van der Waals surface area contributed by atoms with Crippen LogP contribution in [0.5, 0.6) is 0 Å². The Balaban J connectivity index is 0.000000137. The van der Waals surface area contributed by atoms with Crippen molar-refractivity contribution >= 4 is 107 Å². The fourth-order valence-corrected chi connectivity index (χ4v) is 22.0. The van der Waals surface area contributed by atoms with Gasteiger partial charge in [-0.3, -0.25) is 0 Å². The van der Waals surface area contributed by atoms with Crippen LogP contribution in [0.4, 0.5) is 0 Å². The zero-order valence-electron chi connectivity index (χ0n) is 67.7. The minimum atomic E-state index is -0.509. The van der Waals surface area contributed by atoms with Crippen LogP contribution in [0.3, 0.4) is 0 Å². The highest BCUT2D eigenvalue weighted by Gasteiger charge is 2.48. The molecular formula is C116H70N6O2S2. The predicted octanol–water partition coefficient (Wildman–Crippen LogP) is 30.3. The number of aromatic nitrogens is 6. The monoisotopic (exact) mass is 1640 g/mol. The molecule has 0 saturated carbocycles. The fourth-order valence-electron chi connectivity index (χ4n) is 19.9. The van der Waals surface area contributed by atoms with Crippen LogP contribution in [0.15, 0.2) is 433 Å². The molecule has 0 saturated heterocycles. The lowest BCUT2D eigenvalue weighted by Crippen LogP contribution is -2.28. The zero-order chi connectivity index (χ0) is 83.0. The zero-order valence-corrected chi connectivity index (χ0v) is 69.4. The van der Waals surface area contributed by atoms with E-state index in [1.165, 1.54) is 107 Å². The Morgan fingerprint density at radius 2 is 0.468 bits per heavy atom. The smallest absolute Gasteiger partial charge is 0.164 e. The van der Waals surface area contributed by atoms with E-state index >= 15 is 0 Å². The third-order valence-electron chi connectivity index (χ3n) is 25.7. The molecule has 6 heterocycles. The molecule has 0 bridgehead atoms. The van der Waals surface area contributed by atoms with Crippen molar-refractivity contribution in [1.29, 1.82) is 0 Å². The summed E-state index contributed by atoms with van der Waals surface area (Å²) in [6, 6.07) is 152. The lowest BCUT2D eigenvalue weighted by Gasteiger charge is -2.34. The summed E-state index contributed by atoms with van der Waals surface area (Å²) in [7, 11) is 0. The summed E-state index contributed by atoms with van der Waals surface area (Å²) in [5.74, 6) is 3.67. The van der Waals surface area contributed by atoms with Crippen molar-refractivity contribution in [3.05, 3.63) is 469 Å². The number of fused-ring (bicyclic) bond motifs is 18. The second kappa shape index (κ2) is 29.4. The standard InChI is InChI=1S/2C58H35N3OS/c1-2-13-37(14-3-1)55-59-56(61-57(60-55)40-27-31-46-45-19-6-10-23-51(45)62-52(46)34-40)39-16-12-15-38(33-39)36-25-28-41(29-26-36)58(49-21-8-4-17-43(49)44-18-5-9-22-50(44)58)42-30-32-54-48(35-42)47-20-7-11-24-53(47)63-54;1-2-12-38(13-3-1)55-59-56(61-57(60-55)40-28-32-52-47(34-40)45-16-6-10-20-51(45)62-52)39-24-22-36(23-25-39)37-26-29-41(30-27-37)58(49-18-8-4-14-43(49)44-15-5-9-19-50(44)58)42-31-33-54-48(35-42)46-17-7-11-21-53(46)63-54/h2*1-35H. The Morgan fingerprint density at radius 3 is 0.952 bits per heavy atom. The van der Waals surface area contributed by atoms with E-state index in [2.05, 4.69) is 309 Å². The van der Waals surface area contributed by atoms with Crippen LogP contribution in [-0.4, -0.2) is 29.9 Å². The lowest BCUT2D eigenvalue weighted by molar-refractivity contribution is 0.668. The van der Waals surface area contributed by atoms with Gasteiger partial charge < -0.3 is 8.83 Å². The lowest BCUT2D eigenvalue weighted by atomic mass is 9.67. The van der Waals surface area contributed by atoms with Gasteiger partial charge in [-0.2, -0.15) is 0 Å². The summed E-state index contributed by atoms with van der Waals surface area (Å²) in [6.45, 7) is 0. The Labute approximate surface area is 733 Å². The second-order valence-corrected chi connectivity index (χ2v) is 34.7. The van der Waals surface area contributed by atoms with Gasteiger partial charge in [0.15, 0.2) is 34.9 Å². The van der Waals surface area contributed by atoms with Crippen LogP contribution < -0.4 is 0 Å². The highest BCUT2D eigenvalue weighted by molar-refractivity contribution is 7.26. The first-order valence-electron chi connectivity index (χ1n) is 42.5. The molecule has 0 spiro atoms. The average molecular weight is 1640 g/mol. The number of furan rings is 2. The molecule has 0 amide bonds. The summed E-state index contributed by atoms with van der Waals surface area (Å²) in [4.78, 5) is 30.3. The van der Waals surface area contributed by atoms with Crippen molar-refractivity contribution in [2.45, 2.75) is 10.8 Å². The van der Waals surface area contributed by atoms with E-state index in [1.54, 1.807) is 0 Å². The third-order valence-corrected chi connectivity index (χ3v) is 28.0. The van der Waals surface area contributed by atoms with Crippen LogP contribution in [-0.2, 0) is 10.8 Å². The Morgan fingerprint density at radius 1 is 0.167 bits per heavy atom. The Bertz CT molecular complexity index is 8390. The minimum Gasteiger partial charge on any atom is -0.456 e. The number of rotatable bonds is 12. The molecule has 6 aromatic heterocycles. The first-order valence-corrected chi connectivity index (χ1v) is 44.1. The van der Waals surface area contributed by atoms with E-state index < -0.39 is 10.8 Å². The molecule has 588 valence electrons. The maximum Gasteiger partial charge on any atom is 0.164 e. The van der Waals surface area contributed by atoms with E-state index in [4.69, 9.17) is 38.7 Å². The fraction of sp³-hybridized carbons (Fsp3) is 0.0172. The van der Waals surface area contributed by atoms with Crippen LogP contribution in [0.1, 0.15) is 44.5 Å². The third kappa shape index (κ3) is 11.8. The van der Waals surface area contributed by atoms with Gasteiger partial charge in [0, 0.05) is 95.3 Å². The highest BCUT2D eigenvalue weighted by Crippen LogP contribution is 2.59. The van der Waals surface area contributed by atoms with Gasteiger partial charge in [0.1, 0.15) is 22.3 Å². The van der Waals surface area contributed by atoms with Crippen LogP contribution in [0.25, 0.3) is 197 Å². The molecule has 2 aliphatic rings. The molecule has 24 aromatic rings. The van der Waals surface area contributed by atoms with E-state index in [1.807, 2.05) is 138 Å². The molecule has 0 atom stereocenters. The molecule has 0 N–H and O–H groups in total. The summed E-state index contributed by atoms with van der Waals surface area (Å²) in [5, 5.41) is 9.47. The topological polar surface area (TPSA) is 104 Å². The van der Waals surface area contributed by atoms with Crippen molar-refractivity contribution in [2.24, 2.45) is 0 Å². The van der Waals surface area contributed by atoms with E-state index in [0.29, 0.717) is 34.9 Å². The summed E-state index contributed by atoms with van der Waals surface area (Å²) in [6.07, 6.45) is 0. The SMILES string of the molecule is c1ccc(-c2nc(-c3ccc(-c4ccc(C5(c6ccc7sc8ccccc8c7c6)c6ccccc6-c6ccccc65)cc4)cc3)nc(-c3ccc4oc5ccccc5c4c3)n2)cc1.c1ccc(-c2nc(-c3cccc(-c4ccc(C5(c6ccc7sc8ccccc8c7c6)c6ccccc6-c6ccccc65)cc4)c3)nc(-c3ccc4c(c3)oc3ccccc34)n2)cc1. The van der Waals surface area contributed by atoms with Gasteiger partial charge >= 0.3 is 0 Å². The molecule has 10 heteroatoms. The van der Waals surface area contributed by atoms with E-state index in [9.17, 15) is 0 Å². The number of benzene rings is 18. The molecule has 26 rings (SSSR count). The van der Waals surface area contributed by atoms with E-state index in [0.717, 1.165) is 99.5 Å². The van der Waals surface area contributed by atoms with Crippen LogP contribution in [0.2, 0.25) is 0 Å². The molecule has 0 aliphatic heterocycles. The quantitative estimate of drug-likeness (QED) is 0.119. The van der Waals surface area contributed by atoms with E-state index in [-0.39, 0.29) is 0 Å². The van der Waals surface area contributed by atoms with Crippen molar-refractivity contribution < 1.29 is 8.83 Å². The second-order valence-electron chi connectivity index (χ2n) is 32.6. The van der Waals surface area contributed by atoms with Crippen molar-refractivity contribution in [3.63, 3.8) is 0 Å². The largest absolute Gasteiger partial charge is 0.456 e. The van der Waals surface area contributed by atoms with Crippen LogP contribution in [0, 0.1) is 0 Å². The molecule has 0 unspecified atom stereocenters. The Kier molecular flexibility index (Phi) is 17.0. The summed E-state index contributed by atoms with van der Waals surface area (Å²) in [5.41, 5.74) is 27.7. The first-order chi connectivity index (χ1) is 62.4. The van der Waals surface area contributed by atoms with Gasteiger partial charge in [-0.1, -0.05) is 340 Å². The molecule has 0 radical (unpaired) electrons. The Hall–Kier alpha value is -16.0. The van der Waals surface area contributed by atoms with Crippen LogP contribution >= 0.6 is 22.7 Å². The first kappa shape index (κ1) is 72.8. The van der Waals surface area contributed by atoms with Crippen molar-refractivity contribution in [3.8, 4) is 113 Å². The van der Waals surface area contributed by atoms with Crippen molar-refractivity contribution in [2.75, 3.05) is 0 Å². The molecular weight excluding hydrogens is 1570 g/mol. The predicted molar refractivity (Wildman–Crippen MR) is 518 cm³/mol. The average Bonchev–Trinajstić information content (AvgIpc) is 1.53. The number of para-hydroxylation sites is 2. The molecule has 8 nitrogen and oxygen atoms in total. The minimum absolute atomic E-state index is 0.491. The van der Waals surface area contributed by atoms with Gasteiger partial charge in [0.25, 0.3) is 0 Å². The number of thiophene rings is 2. The van der Waals surface area contributed by atoms with Gasteiger partial charge in [-0.15, -0.1) is 22.7 Å². The maximum atomic E-state index is 6.27.